The van der Waals surface area contributed by atoms with Crippen LogP contribution in [0.4, 0.5) is 10.1 Å². The zero-order valence-corrected chi connectivity index (χ0v) is 12.5. The lowest BCUT2D eigenvalue weighted by Crippen LogP contribution is -2.42. The van der Waals surface area contributed by atoms with Crippen LogP contribution in [0.3, 0.4) is 0 Å². The van der Waals surface area contributed by atoms with E-state index in [1.165, 1.54) is 18.9 Å². The van der Waals surface area contributed by atoms with Crippen molar-refractivity contribution in [3.63, 3.8) is 0 Å². The minimum absolute atomic E-state index is 0.0814. The van der Waals surface area contributed by atoms with Gasteiger partial charge in [0.2, 0.25) is 5.91 Å². The molecule has 1 saturated carbocycles. The van der Waals surface area contributed by atoms with Gasteiger partial charge in [0.1, 0.15) is 11.9 Å². The van der Waals surface area contributed by atoms with Gasteiger partial charge in [0, 0.05) is 10.5 Å². The van der Waals surface area contributed by atoms with Crippen LogP contribution < -0.4 is 10.6 Å². The van der Waals surface area contributed by atoms with Crippen LogP contribution in [-0.4, -0.2) is 18.0 Å². The number of amides is 1. The summed E-state index contributed by atoms with van der Waals surface area (Å²) in [7, 11) is 0. The number of nitrogens with one attached hydrogen (secondary N) is 2. The van der Waals surface area contributed by atoms with Gasteiger partial charge in [-0.3, -0.25) is 4.79 Å². The minimum Gasteiger partial charge on any atom is -0.371 e. The Morgan fingerprint density at radius 1 is 1.42 bits per heavy atom. The third-order valence-corrected chi connectivity index (χ3v) is 4.08. The molecule has 1 fully saturated rings. The molecule has 2 rings (SSSR count). The van der Waals surface area contributed by atoms with Gasteiger partial charge in [0.15, 0.2) is 0 Å². The highest BCUT2D eigenvalue weighted by Crippen LogP contribution is 2.26. The van der Waals surface area contributed by atoms with E-state index < -0.39 is 6.04 Å². The van der Waals surface area contributed by atoms with Gasteiger partial charge in [-0.1, -0.05) is 18.9 Å². The molecule has 3 nitrogen and oxygen atoms in total. The van der Waals surface area contributed by atoms with Gasteiger partial charge in [0.25, 0.3) is 0 Å². The Balaban J connectivity index is 1.96. The predicted molar refractivity (Wildman–Crippen MR) is 77.6 cm³/mol. The molecule has 104 valence electrons. The Bertz CT molecular complexity index is 441. The number of para-hydroxylation sites is 1. The van der Waals surface area contributed by atoms with Crippen LogP contribution in [-0.2, 0) is 4.79 Å². The van der Waals surface area contributed by atoms with Crippen molar-refractivity contribution >= 4 is 27.5 Å². The SMILES string of the molecule is CC(Nc1c(F)cccc1Br)C(=O)NC1CCCC1. The smallest absolute Gasteiger partial charge is 0.242 e. The monoisotopic (exact) mass is 328 g/mol. The lowest BCUT2D eigenvalue weighted by Gasteiger charge is -2.19. The summed E-state index contributed by atoms with van der Waals surface area (Å²) in [6.07, 6.45) is 4.43. The van der Waals surface area contributed by atoms with Crippen molar-refractivity contribution < 1.29 is 9.18 Å². The van der Waals surface area contributed by atoms with E-state index in [4.69, 9.17) is 0 Å². The standard InChI is InChI=1S/C14H18BrFN2O/c1-9(14(19)18-10-5-2-3-6-10)17-13-11(15)7-4-8-12(13)16/h4,7-10,17H,2-3,5-6H2,1H3,(H,18,19). The van der Waals surface area contributed by atoms with Crippen molar-refractivity contribution in [1.29, 1.82) is 0 Å². The quantitative estimate of drug-likeness (QED) is 0.888. The van der Waals surface area contributed by atoms with Crippen molar-refractivity contribution in [2.24, 2.45) is 0 Å². The lowest BCUT2D eigenvalue weighted by atomic mass is 10.2. The van der Waals surface area contributed by atoms with Gasteiger partial charge >= 0.3 is 0 Å². The average molecular weight is 329 g/mol. The van der Waals surface area contributed by atoms with Gasteiger partial charge in [0.05, 0.1) is 5.69 Å². The fourth-order valence-electron chi connectivity index (χ4n) is 2.31. The van der Waals surface area contributed by atoms with Crippen LogP contribution in [0.5, 0.6) is 0 Å². The molecule has 1 atom stereocenters. The number of carbonyl (C=O) groups excluding carboxylic acids is 1. The summed E-state index contributed by atoms with van der Waals surface area (Å²) in [5.74, 6) is -0.447. The lowest BCUT2D eigenvalue weighted by molar-refractivity contribution is -0.122. The Morgan fingerprint density at radius 3 is 2.74 bits per heavy atom. The van der Waals surface area contributed by atoms with Gasteiger partial charge in [-0.2, -0.15) is 0 Å². The topological polar surface area (TPSA) is 41.1 Å². The third-order valence-electron chi connectivity index (χ3n) is 3.42. The normalized spacial score (nSPS) is 17.2. The van der Waals surface area contributed by atoms with Gasteiger partial charge in [-0.15, -0.1) is 0 Å². The van der Waals surface area contributed by atoms with E-state index in [0.717, 1.165) is 12.8 Å². The first-order valence-corrected chi connectivity index (χ1v) is 7.38. The molecule has 0 saturated heterocycles. The summed E-state index contributed by atoms with van der Waals surface area (Å²) < 4.78 is 14.3. The third kappa shape index (κ3) is 3.69. The first kappa shape index (κ1) is 14.3. The Hall–Kier alpha value is -1.10. The second-order valence-electron chi connectivity index (χ2n) is 4.95. The average Bonchev–Trinajstić information content (AvgIpc) is 2.86. The summed E-state index contributed by atoms with van der Waals surface area (Å²) >= 11 is 3.28. The molecule has 5 heteroatoms. The van der Waals surface area contributed by atoms with E-state index in [1.807, 2.05) is 0 Å². The minimum atomic E-state index is -0.464. The largest absolute Gasteiger partial charge is 0.371 e. The molecule has 0 aliphatic heterocycles. The molecule has 2 N–H and O–H groups in total. The van der Waals surface area contributed by atoms with Crippen molar-refractivity contribution in [2.45, 2.75) is 44.7 Å². The first-order chi connectivity index (χ1) is 9.08. The molecule has 0 heterocycles. The van der Waals surface area contributed by atoms with E-state index in [-0.39, 0.29) is 17.8 Å². The summed E-state index contributed by atoms with van der Waals surface area (Å²) in [5, 5.41) is 5.92. The Kier molecular flexibility index (Phi) is 4.80. The van der Waals surface area contributed by atoms with Crippen LogP contribution in [0, 0.1) is 5.82 Å². The van der Waals surface area contributed by atoms with Gasteiger partial charge < -0.3 is 10.6 Å². The molecule has 0 aromatic heterocycles. The van der Waals surface area contributed by atoms with Crippen molar-refractivity contribution in [3.05, 3.63) is 28.5 Å². The molecule has 19 heavy (non-hydrogen) atoms. The molecule has 0 bridgehead atoms. The summed E-state index contributed by atoms with van der Waals surface area (Å²) in [4.78, 5) is 12.0. The molecule has 1 amide bonds. The zero-order valence-electron chi connectivity index (χ0n) is 10.9. The van der Waals surface area contributed by atoms with E-state index in [0.29, 0.717) is 10.2 Å². The highest BCUT2D eigenvalue weighted by molar-refractivity contribution is 9.10. The van der Waals surface area contributed by atoms with Crippen molar-refractivity contribution in [2.75, 3.05) is 5.32 Å². The molecule has 1 aromatic rings. The zero-order chi connectivity index (χ0) is 13.8. The molecular formula is C14H18BrFN2O. The van der Waals surface area contributed by atoms with Crippen molar-refractivity contribution in [1.82, 2.24) is 5.32 Å². The molecule has 0 spiro atoms. The number of hydrogen-bond donors (Lipinski definition) is 2. The van der Waals surface area contributed by atoms with E-state index in [2.05, 4.69) is 26.6 Å². The van der Waals surface area contributed by atoms with Crippen LogP contribution in [0.25, 0.3) is 0 Å². The molecule has 0 radical (unpaired) electrons. The van der Waals surface area contributed by atoms with Crippen LogP contribution in [0.1, 0.15) is 32.6 Å². The predicted octanol–water partition coefficient (Wildman–Crippen LogP) is 3.45. The molecule has 1 unspecified atom stereocenters. The molecule has 1 aliphatic rings. The molecule has 1 aliphatic carbocycles. The Morgan fingerprint density at radius 2 is 2.11 bits per heavy atom. The first-order valence-electron chi connectivity index (χ1n) is 6.59. The van der Waals surface area contributed by atoms with Crippen LogP contribution in [0.2, 0.25) is 0 Å². The van der Waals surface area contributed by atoms with Crippen LogP contribution >= 0.6 is 15.9 Å². The maximum Gasteiger partial charge on any atom is 0.242 e. The van der Waals surface area contributed by atoms with Crippen molar-refractivity contribution in [3.8, 4) is 0 Å². The molecular weight excluding hydrogens is 311 g/mol. The number of anilines is 1. The number of rotatable bonds is 4. The fourth-order valence-corrected chi connectivity index (χ4v) is 2.77. The highest BCUT2D eigenvalue weighted by atomic mass is 79.9. The highest BCUT2D eigenvalue weighted by Gasteiger charge is 2.21. The number of halogens is 2. The van der Waals surface area contributed by atoms with E-state index >= 15 is 0 Å². The van der Waals surface area contributed by atoms with E-state index in [1.54, 1.807) is 19.1 Å². The van der Waals surface area contributed by atoms with Gasteiger partial charge in [-0.05, 0) is 47.8 Å². The number of carbonyl (C=O) groups is 1. The molecule has 1 aromatic carbocycles. The van der Waals surface area contributed by atoms with Crippen LogP contribution in [0.15, 0.2) is 22.7 Å². The summed E-state index contributed by atoms with van der Waals surface area (Å²) in [6.45, 7) is 1.74. The fraction of sp³-hybridized carbons (Fsp3) is 0.500. The van der Waals surface area contributed by atoms with Gasteiger partial charge in [-0.25, -0.2) is 4.39 Å². The number of benzene rings is 1. The summed E-state index contributed by atoms with van der Waals surface area (Å²) in [5.41, 5.74) is 0.330. The summed E-state index contributed by atoms with van der Waals surface area (Å²) in [6, 6.07) is 4.55. The number of hydrogen-bond acceptors (Lipinski definition) is 2. The second kappa shape index (κ2) is 6.37. The Labute approximate surface area is 121 Å². The maximum atomic E-state index is 13.7. The second-order valence-corrected chi connectivity index (χ2v) is 5.81. The van der Waals surface area contributed by atoms with E-state index in [9.17, 15) is 9.18 Å². The maximum absolute atomic E-state index is 13.7.